The Hall–Kier alpha value is -1.46. The predicted molar refractivity (Wildman–Crippen MR) is 109 cm³/mol. The van der Waals surface area contributed by atoms with E-state index in [9.17, 15) is 19.8 Å². The van der Waals surface area contributed by atoms with Crippen LogP contribution in [-0.2, 0) is 14.3 Å². The SMILES string of the molecule is CC(C)(C)C(=O)O[C@H]1CC[C@H]2[C@]3(O)C=CC4=CC(=O)CC[C@]4(CO)[C@H]3CC[C@]12C. The summed E-state index contributed by atoms with van der Waals surface area (Å²) in [5, 5.41) is 22.4. The van der Waals surface area contributed by atoms with Gasteiger partial charge in [0.1, 0.15) is 6.10 Å². The van der Waals surface area contributed by atoms with Crippen LogP contribution in [0.2, 0.25) is 0 Å². The zero-order chi connectivity index (χ0) is 21.2. The number of carbonyl (C=O) groups excluding carboxylic acids is 2. The van der Waals surface area contributed by atoms with Gasteiger partial charge in [-0.3, -0.25) is 9.59 Å². The fourth-order valence-electron chi connectivity index (χ4n) is 6.65. The van der Waals surface area contributed by atoms with Crippen molar-refractivity contribution in [2.75, 3.05) is 6.61 Å². The molecule has 0 aliphatic heterocycles. The molecule has 0 aromatic rings. The minimum absolute atomic E-state index is 0.0367. The van der Waals surface area contributed by atoms with Crippen LogP contribution >= 0.6 is 0 Å². The van der Waals surface area contributed by atoms with Crippen LogP contribution in [0.1, 0.15) is 66.2 Å². The second-order valence-electron chi connectivity index (χ2n) is 11.0. The maximum Gasteiger partial charge on any atom is 0.311 e. The Labute approximate surface area is 173 Å². The first-order valence-electron chi connectivity index (χ1n) is 11.0. The lowest BCUT2D eigenvalue weighted by Crippen LogP contribution is -2.62. The number of aliphatic hydroxyl groups is 2. The van der Waals surface area contributed by atoms with Crippen LogP contribution in [0.3, 0.4) is 0 Å². The molecule has 0 radical (unpaired) electrons. The number of esters is 1. The van der Waals surface area contributed by atoms with E-state index in [1.807, 2.05) is 32.9 Å². The van der Waals surface area contributed by atoms with E-state index in [1.165, 1.54) is 0 Å². The van der Waals surface area contributed by atoms with Gasteiger partial charge in [-0.05, 0) is 64.5 Å². The Morgan fingerprint density at radius 1 is 1.21 bits per heavy atom. The highest BCUT2D eigenvalue weighted by atomic mass is 16.5. The number of hydrogen-bond acceptors (Lipinski definition) is 5. The Balaban J connectivity index is 1.69. The summed E-state index contributed by atoms with van der Waals surface area (Å²) < 4.78 is 5.97. The molecule has 0 amide bonds. The molecule has 0 unspecified atom stereocenters. The molecule has 0 aromatic heterocycles. The summed E-state index contributed by atoms with van der Waals surface area (Å²) in [5.41, 5.74) is -1.60. The molecule has 0 heterocycles. The Morgan fingerprint density at radius 2 is 1.93 bits per heavy atom. The van der Waals surface area contributed by atoms with Crippen molar-refractivity contribution in [2.24, 2.45) is 28.1 Å². The molecule has 4 aliphatic rings. The minimum Gasteiger partial charge on any atom is -0.461 e. The number of rotatable bonds is 2. The first-order chi connectivity index (χ1) is 13.5. The quantitative estimate of drug-likeness (QED) is 0.692. The van der Waals surface area contributed by atoms with E-state index in [0.29, 0.717) is 12.8 Å². The summed E-state index contributed by atoms with van der Waals surface area (Å²) in [4.78, 5) is 24.5. The third-order valence-electron chi connectivity index (χ3n) is 8.39. The first kappa shape index (κ1) is 20.8. The maximum atomic E-state index is 12.5. The number of ketones is 1. The fourth-order valence-corrected chi connectivity index (χ4v) is 6.65. The van der Waals surface area contributed by atoms with Crippen molar-refractivity contribution in [3.63, 3.8) is 0 Å². The van der Waals surface area contributed by atoms with E-state index < -0.39 is 16.4 Å². The standard InChI is InChI=1S/C24H34O5/c1-21(2,3)20(27)29-19-6-5-17-22(19,4)10-9-18-23(14-25)11-8-16(26)13-15(23)7-12-24(17,18)28/h7,12-13,17-19,25,28H,5-6,8-11,14H2,1-4H3/t17-,18-,19+,22+,23-,24-/m1/s1. The number of hydrogen-bond donors (Lipinski definition) is 2. The van der Waals surface area contributed by atoms with E-state index in [4.69, 9.17) is 4.74 Å². The van der Waals surface area contributed by atoms with E-state index in [0.717, 1.165) is 31.3 Å². The molecule has 0 saturated heterocycles. The summed E-state index contributed by atoms with van der Waals surface area (Å²) in [5.74, 6) is -0.264. The maximum absolute atomic E-state index is 12.5. The van der Waals surface area contributed by atoms with Gasteiger partial charge in [0, 0.05) is 29.1 Å². The zero-order valence-electron chi connectivity index (χ0n) is 18.0. The van der Waals surface area contributed by atoms with Crippen LogP contribution < -0.4 is 0 Å². The smallest absolute Gasteiger partial charge is 0.311 e. The van der Waals surface area contributed by atoms with Gasteiger partial charge in [-0.1, -0.05) is 19.1 Å². The van der Waals surface area contributed by atoms with Crippen LogP contribution in [0.4, 0.5) is 0 Å². The van der Waals surface area contributed by atoms with Crippen LogP contribution in [0, 0.1) is 28.1 Å². The highest BCUT2D eigenvalue weighted by Gasteiger charge is 2.66. The van der Waals surface area contributed by atoms with Gasteiger partial charge in [0.05, 0.1) is 17.6 Å². The van der Waals surface area contributed by atoms with Crippen molar-refractivity contribution in [3.8, 4) is 0 Å². The molecular formula is C24H34O5. The van der Waals surface area contributed by atoms with Gasteiger partial charge in [-0.15, -0.1) is 0 Å². The van der Waals surface area contributed by atoms with E-state index in [2.05, 4.69) is 6.92 Å². The van der Waals surface area contributed by atoms with Gasteiger partial charge < -0.3 is 14.9 Å². The Bertz CT molecular complexity index is 790. The van der Waals surface area contributed by atoms with Crippen LogP contribution in [0.25, 0.3) is 0 Å². The Kier molecular flexibility index (Phi) is 4.67. The predicted octanol–water partition coefficient (Wildman–Crippen LogP) is 3.34. The summed E-state index contributed by atoms with van der Waals surface area (Å²) in [6, 6.07) is 0. The van der Waals surface area contributed by atoms with Crippen molar-refractivity contribution < 1.29 is 24.5 Å². The lowest BCUT2D eigenvalue weighted by Gasteiger charge is -2.60. The molecule has 6 atom stereocenters. The van der Waals surface area contributed by atoms with Crippen LogP contribution in [0.5, 0.6) is 0 Å². The fraction of sp³-hybridized carbons (Fsp3) is 0.750. The summed E-state index contributed by atoms with van der Waals surface area (Å²) in [6.45, 7) is 7.68. The minimum atomic E-state index is -1.06. The number of allylic oxidation sites excluding steroid dienone is 2. The molecule has 2 N–H and O–H groups in total. The summed E-state index contributed by atoms with van der Waals surface area (Å²) in [6.07, 6.45) is 9.30. The van der Waals surface area contributed by atoms with Crippen molar-refractivity contribution in [3.05, 3.63) is 23.8 Å². The van der Waals surface area contributed by atoms with Gasteiger partial charge in [0.25, 0.3) is 0 Å². The number of carbonyl (C=O) groups is 2. The van der Waals surface area contributed by atoms with E-state index >= 15 is 0 Å². The molecule has 2 saturated carbocycles. The molecule has 0 spiro atoms. The van der Waals surface area contributed by atoms with E-state index in [-0.39, 0.29) is 41.7 Å². The molecule has 5 heteroatoms. The third kappa shape index (κ3) is 2.88. The average Bonchev–Trinajstić information content (AvgIpc) is 2.98. The molecule has 0 aromatic carbocycles. The summed E-state index contributed by atoms with van der Waals surface area (Å²) >= 11 is 0. The highest BCUT2D eigenvalue weighted by molar-refractivity contribution is 5.92. The third-order valence-corrected chi connectivity index (χ3v) is 8.39. The second kappa shape index (κ2) is 6.52. The number of fused-ring (bicyclic) bond motifs is 5. The first-order valence-corrected chi connectivity index (χ1v) is 11.0. The number of ether oxygens (including phenoxy) is 1. The lowest BCUT2D eigenvalue weighted by molar-refractivity contribution is -0.184. The van der Waals surface area contributed by atoms with Gasteiger partial charge in [-0.2, -0.15) is 0 Å². The lowest BCUT2D eigenvalue weighted by atomic mass is 9.47. The van der Waals surface area contributed by atoms with Gasteiger partial charge in [0.2, 0.25) is 0 Å². The van der Waals surface area contributed by atoms with Crippen molar-refractivity contribution >= 4 is 11.8 Å². The van der Waals surface area contributed by atoms with Crippen LogP contribution in [-0.4, -0.2) is 40.3 Å². The molecule has 0 bridgehead atoms. The zero-order valence-corrected chi connectivity index (χ0v) is 18.0. The van der Waals surface area contributed by atoms with Gasteiger partial charge in [0.15, 0.2) is 5.78 Å². The molecule has 160 valence electrons. The monoisotopic (exact) mass is 402 g/mol. The topological polar surface area (TPSA) is 83.8 Å². The molecule has 5 nitrogen and oxygen atoms in total. The molecular weight excluding hydrogens is 368 g/mol. The van der Waals surface area contributed by atoms with Gasteiger partial charge in [-0.25, -0.2) is 0 Å². The van der Waals surface area contributed by atoms with Crippen molar-refractivity contribution in [1.29, 1.82) is 0 Å². The highest BCUT2D eigenvalue weighted by Crippen LogP contribution is 2.65. The van der Waals surface area contributed by atoms with Gasteiger partial charge >= 0.3 is 5.97 Å². The van der Waals surface area contributed by atoms with Crippen molar-refractivity contribution in [2.45, 2.75) is 77.9 Å². The molecule has 4 aliphatic carbocycles. The second-order valence-corrected chi connectivity index (χ2v) is 11.0. The average molecular weight is 403 g/mol. The molecule has 4 rings (SSSR count). The van der Waals surface area contributed by atoms with Crippen molar-refractivity contribution in [1.82, 2.24) is 0 Å². The largest absolute Gasteiger partial charge is 0.461 e. The molecule has 2 fully saturated rings. The summed E-state index contributed by atoms with van der Waals surface area (Å²) in [7, 11) is 0. The van der Waals surface area contributed by atoms with E-state index in [1.54, 1.807) is 6.08 Å². The normalized spacial score (nSPS) is 43.9. The number of aliphatic hydroxyl groups excluding tert-OH is 1. The Morgan fingerprint density at radius 3 is 2.59 bits per heavy atom. The molecule has 29 heavy (non-hydrogen) atoms. The van der Waals surface area contributed by atoms with Crippen LogP contribution in [0.15, 0.2) is 23.8 Å².